The second kappa shape index (κ2) is 6.46. The van der Waals surface area contributed by atoms with Crippen LogP contribution in [0.25, 0.3) is 0 Å². The fraction of sp³-hybridized carbons (Fsp3) is 0.625. The fourth-order valence-electron chi connectivity index (χ4n) is 2.82. The summed E-state index contributed by atoms with van der Waals surface area (Å²) in [6, 6.07) is 5.00. The van der Waals surface area contributed by atoms with Crippen LogP contribution in [0.5, 0.6) is 0 Å². The van der Waals surface area contributed by atoms with Gasteiger partial charge in [0.2, 0.25) is 10.0 Å². The third kappa shape index (κ3) is 3.84. The van der Waals surface area contributed by atoms with Crippen molar-refractivity contribution in [1.29, 1.82) is 0 Å². The third-order valence-electron chi connectivity index (χ3n) is 4.41. The van der Waals surface area contributed by atoms with Gasteiger partial charge in [0.05, 0.1) is 11.5 Å². The average molecular weight is 311 g/mol. The van der Waals surface area contributed by atoms with Crippen molar-refractivity contribution < 1.29 is 13.5 Å². The van der Waals surface area contributed by atoms with Gasteiger partial charge in [-0.15, -0.1) is 0 Å². The minimum Gasteiger partial charge on any atom is -0.392 e. The highest BCUT2D eigenvalue weighted by Crippen LogP contribution is 2.49. The number of aliphatic hydroxyl groups excluding tert-OH is 1. The lowest BCUT2D eigenvalue weighted by molar-refractivity contribution is 0.280. The molecule has 0 amide bonds. The molecule has 2 N–H and O–H groups in total. The van der Waals surface area contributed by atoms with Gasteiger partial charge in [0.1, 0.15) is 0 Å². The second-order valence-electron chi connectivity index (χ2n) is 6.02. The molecule has 1 aliphatic rings. The Kier molecular flexibility index (Phi) is 5.07. The van der Waals surface area contributed by atoms with E-state index in [9.17, 15) is 13.5 Å². The highest BCUT2D eigenvalue weighted by Gasteiger charge is 2.42. The van der Waals surface area contributed by atoms with Crippen LogP contribution in [0.1, 0.15) is 50.7 Å². The summed E-state index contributed by atoms with van der Waals surface area (Å²) in [6.07, 6.45) is 5.16. The van der Waals surface area contributed by atoms with Gasteiger partial charge in [-0.3, -0.25) is 0 Å². The van der Waals surface area contributed by atoms with E-state index in [2.05, 4.69) is 11.6 Å². The fourth-order valence-corrected chi connectivity index (χ4v) is 4.02. The molecule has 1 saturated carbocycles. The maximum atomic E-state index is 12.4. The Labute approximate surface area is 127 Å². The summed E-state index contributed by atoms with van der Waals surface area (Å²) in [7, 11) is -3.49. The van der Waals surface area contributed by atoms with Crippen LogP contribution in [-0.4, -0.2) is 20.1 Å². The maximum Gasteiger partial charge on any atom is 0.240 e. The molecule has 0 bridgehead atoms. The minimum absolute atomic E-state index is 0.133. The van der Waals surface area contributed by atoms with E-state index >= 15 is 0 Å². The summed E-state index contributed by atoms with van der Waals surface area (Å²) in [4.78, 5) is 0.246. The van der Waals surface area contributed by atoms with Gasteiger partial charge in [0.25, 0.3) is 0 Å². The normalized spacial score (nSPS) is 16.9. The maximum absolute atomic E-state index is 12.4. The molecule has 1 aromatic carbocycles. The molecular weight excluding hydrogens is 286 g/mol. The van der Waals surface area contributed by atoms with Crippen molar-refractivity contribution in [3.05, 3.63) is 29.3 Å². The quantitative estimate of drug-likeness (QED) is 0.775. The highest BCUT2D eigenvalue weighted by molar-refractivity contribution is 7.89. The zero-order valence-electron chi connectivity index (χ0n) is 12.9. The molecular formula is C16H25NO3S. The number of aryl methyl sites for hydroxylation is 1. The SMILES string of the molecule is CCCC1(CNS(=O)(=O)c2ccc(CC)c(CO)c2)CC1. The molecule has 2 rings (SSSR count). The number of benzene rings is 1. The number of hydrogen-bond donors (Lipinski definition) is 2. The van der Waals surface area contributed by atoms with Gasteiger partial charge >= 0.3 is 0 Å². The largest absolute Gasteiger partial charge is 0.392 e. The Morgan fingerprint density at radius 2 is 1.95 bits per heavy atom. The first kappa shape index (κ1) is 16.5. The Balaban J connectivity index is 2.12. The van der Waals surface area contributed by atoms with E-state index in [1.807, 2.05) is 6.92 Å². The van der Waals surface area contributed by atoms with Gasteiger partial charge in [-0.1, -0.05) is 26.3 Å². The highest BCUT2D eigenvalue weighted by atomic mass is 32.2. The lowest BCUT2D eigenvalue weighted by Crippen LogP contribution is -2.30. The van der Waals surface area contributed by atoms with Crippen LogP contribution in [0.2, 0.25) is 0 Å². The van der Waals surface area contributed by atoms with E-state index in [-0.39, 0.29) is 16.9 Å². The first-order valence-corrected chi connectivity index (χ1v) is 9.17. The Morgan fingerprint density at radius 3 is 2.48 bits per heavy atom. The molecule has 1 aliphatic carbocycles. The van der Waals surface area contributed by atoms with Crippen LogP contribution in [0, 0.1) is 5.41 Å². The molecule has 0 heterocycles. The van der Waals surface area contributed by atoms with Gasteiger partial charge in [0, 0.05) is 6.54 Å². The van der Waals surface area contributed by atoms with E-state index in [0.29, 0.717) is 12.1 Å². The monoisotopic (exact) mass is 311 g/mol. The average Bonchev–Trinajstić information content (AvgIpc) is 3.25. The van der Waals surface area contributed by atoms with Crippen LogP contribution in [0.15, 0.2) is 23.1 Å². The second-order valence-corrected chi connectivity index (χ2v) is 7.78. The summed E-state index contributed by atoms with van der Waals surface area (Å²) >= 11 is 0. The zero-order valence-corrected chi connectivity index (χ0v) is 13.7. The third-order valence-corrected chi connectivity index (χ3v) is 5.81. The molecule has 0 unspecified atom stereocenters. The van der Waals surface area contributed by atoms with Crippen LogP contribution in [0.4, 0.5) is 0 Å². The number of rotatable bonds is 8. The zero-order chi connectivity index (χ0) is 15.5. The molecule has 21 heavy (non-hydrogen) atoms. The molecule has 1 aromatic rings. The number of hydrogen-bond acceptors (Lipinski definition) is 3. The standard InChI is InChI=1S/C16H25NO3S/c1-3-7-16(8-9-16)12-17-21(19,20)15-6-5-13(4-2)14(10-15)11-18/h5-6,10,17-18H,3-4,7-9,11-12H2,1-2H3. The topological polar surface area (TPSA) is 66.4 Å². The van der Waals surface area contributed by atoms with Crippen molar-refractivity contribution in [3.8, 4) is 0 Å². The summed E-state index contributed by atoms with van der Waals surface area (Å²) in [5, 5.41) is 9.36. The summed E-state index contributed by atoms with van der Waals surface area (Å²) < 4.78 is 27.5. The van der Waals surface area contributed by atoms with Crippen molar-refractivity contribution in [2.45, 2.75) is 57.5 Å². The molecule has 118 valence electrons. The molecule has 5 heteroatoms. The predicted octanol–water partition coefficient (Wildman–Crippen LogP) is 2.60. The lowest BCUT2D eigenvalue weighted by atomic mass is 10.0. The van der Waals surface area contributed by atoms with Crippen LogP contribution in [-0.2, 0) is 23.1 Å². The molecule has 0 aliphatic heterocycles. The number of sulfonamides is 1. The van der Waals surface area contributed by atoms with Gasteiger partial charge in [-0.2, -0.15) is 0 Å². The first-order chi connectivity index (χ1) is 9.96. The Morgan fingerprint density at radius 1 is 1.24 bits per heavy atom. The molecule has 0 saturated heterocycles. The Bertz CT molecular complexity index is 592. The molecule has 0 radical (unpaired) electrons. The predicted molar refractivity (Wildman–Crippen MR) is 83.5 cm³/mol. The van der Waals surface area contributed by atoms with Crippen LogP contribution >= 0.6 is 0 Å². The lowest BCUT2D eigenvalue weighted by Gasteiger charge is -2.16. The van der Waals surface area contributed by atoms with E-state index in [0.717, 1.165) is 37.7 Å². The molecule has 0 spiro atoms. The van der Waals surface area contributed by atoms with Crippen molar-refractivity contribution in [2.24, 2.45) is 5.41 Å². The van der Waals surface area contributed by atoms with Crippen LogP contribution in [0.3, 0.4) is 0 Å². The van der Waals surface area contributed by atoms with Crippen LogP contribution < -0.4 is 4.72 Å². The van der Waals surface area contributed by atoms with E-state index in [1.165, 1.54) is 0 Å². The van der Waals surface area contributed by atoms with E-state index < -0.39 is 10.0 Å². The van der Waals surface area contributed by atoms with Gasteiger partial charge in [-0.25, -0.2) is 13.1 Å². The van der Waals surface area contributed by atoms with Crippen molar-refractivity contribution in [1.82, 2.24) is 4.72 Å². The molecule has 4 nitrogen and oxygen atoms in total. The first-order valence-electron chi connectivity index (χ1n) is 7.68. The summed E-state index contributed by atoms with van der Waals surface area (Å²) in [5.41, 5.74) is 1.86. The van der Waals surface area contributed by atoms with Gasteiger partial charge in [-0.05, 0) is 54.4 Å². The summed E-state index contributed by atoms with van der Waals surface area (Å²) in [6.45, 7) is 4.51. The van der Waals surface area contributed by atoms with Crippen molar-refractivity contribution in [2.75, 3.05) is 6.54 Å². The van der Waals surface area contributed by atoms with Gasteiger partial charge in [0.15, 0.2) is 0 Å². The number of aliphatic hydroxyl groups is 1. The van der Waals surface area contributed by atoms with Gasteiger partial charge < -0.3 is 5.11 Å². The minimum atomic E-state index is -3.49. The molecule has 0 aromatic heterocycles. The smallest absolute Gasteiger partial charge is 0.240 e. The molecule has 1 fully saturated rings. The van der Waals surface area contributed by atoms with E-state index in [4.69, 9.17) is 0 Å². The van der Waals surface area contributed by atoms with E-state index in [1.54, 1.807) is 18.2 Å². The molecule has 0 atom stereocenters. The van der Waals surface area contributed by atoms with Crippen molar-refractivity contribution >= 4 is 10.0 Å². The van der Waals surface area contributed by atoms with Crippen molar-refractivity contribution in [3.63, 3.8) is 0 Å². The Hall–Kier alpha value is -0.910. The number of nitrogens with one attached hydrogen (secondary N) is 1. The summed E-state index contributed by atoms with van der Waals surface area (Å²) in [5.74, 6) is 0.